The molecule has 1 amide bonds. The van der Waals surface area contributed by atoms with Crippen LogP contribution in [-0.2, 0) is 9.53 Å². The number of carbonyl (C=O) groups is 2. The van der Waals surface area contributed by atoms with Crippen LogP contribution >= 0.6 is 0 Å². The molecule has 6 nitrogen and oxygen atoms in total. The lowest BCUT2D eigenvalue weighted by atomic mass is 10.1. The lowest BCUT2D eigenvalue weighted by Gasteiger charge is -2.23. The van der Waals surface area contributed by atoms with Crippen LogP contribution in [0, 0.1) is 0 Å². The van der Waals surface area contributed by atoms with Gasteiger partial charge in [-0.1, -0.05) is 0 Å². The fourth-order valence-electron chi connectivity index (χ4n) is 2.21. The number of nitrogen functional groups attached to an aromatic ring is 1. The molecule has 0 unspecified atom stereocenters. The van der Waals surface area contributed by atoms with E-state index in [-0.39, 0.29) is 12.5 Å². The van der Waals surface area contributed by atoms with Crippen molar-refractivity contribution < 1.29 is 14.3 Å². The summed E-state index contributed by atoms with van der Waals surface area (Å²) in [7, 11) is 0. The zero-order valence-corrected chi connectivity index (χ0v) is 11.5. The monoisotopic (exact) mass is 277 g/mol. The van der Waals surface area contributed by atoms with Gasteiger partial charge in [0.1, 0.15) is 0 Å². The first kappa shape index (κ1) is 14.2. The standard InChI is InChI=1S/C14H19N3O3/c1-2-20-14(19)11-8-10(15)4-5-12(11)17-7-3-6-16-13(18)9-17/h4-5,8H,2-3,6-7,9,15H2,1H3,(H,16,18). The fraction of sp³-hybridized carbons (Fsp3) is 0.429. The van der Waals surface area contributed by atoms with Crippen molar-refractivity contribution in [1.29, 1.82) is 0 Å². The van der Waals surface area contributed by atoms with Crippen molar-refractivity contribution >= 4 is 23.3 Å². The van der Waals surface area contributed by atoms with Crippen LogP contribution in [0.25, 0.3) is 0 Å². The van der Waals surface area contributed by atoms with Gasteiger partial charge in [0.15, 0.2) is 0 Å². The second-order valence-electron chi connectivity index (χ2n) is 4.62. The van der Waals surface area contributed by atoms with Gasteiger partial charge < -0.3 is 20.7 Å². The van der Waals surface area contributed by atoms with E-state index in [0.717, 1.165) is 6.42 Å². The molecule has 0 radical (unpaired) electrons. The number of esters is 1. The van der Waals surface area contributed by atoms with Gasteiger partial charge in [0, 0.05) is 18.8 Å². The molecule has 20 heavy (non-hydrogen) atoms. The highest BCUT2D eigenvalue weighted by molar-refractivity contribution is 5.97. The summed E-state index contributed by atoms with van der Waals surface area (Å²) in [5.74, 6) is -0.464. The quantitative estimate of drug-likeness (QED) is 0.630. The highest BCUT2D eigenvalue weighted by Crippen LogP contribution is 2.24. The van der Waals surface area contributed by atoms with Gasteiger partial charge in [0.25, 0.3) is 0 Å². The largest absolute Gasteiger partial charge is 0.462 e. The minimum atomic E-state index is -0.417. The Morgan fingerprint density at radius 3 is 3.05 bits per heavy atom. The number of rotatable bonds is 3. The van der Waals surface area contributed by atoms with E-state index in [4.69, 9.17) is 10.5 Å². The van der Waals surface area contributed by atoms with Crippen molar-refractivity contribution in [2.24, 2.45) is 0 Å². The Bertz CT molecular complexity index is 516. The average molecular weight is 277 g/mol. The Kier molecular flexibility index (Phi) is 4.45. The molecule has 0 aliphatic carbocycles. The molecule has 6 heteroatoms. The number of hydrogen-bond donors (Lipinski definition) is 2. The van der Waals surface area contributed by atoms with Gasteiger partial charge in [0.05, 0.1) is 24.4 Å². The lowest BCUT2D eigenvalue weighted by Crippen LogP contribution is -2.34. The Balaban J connectivity index is 2.34. The molecule has 0 atom stereocenters. The SMILES string of the molecule is CCOC(=O)c1cc(N)ccc1N1CCCNC(=O)C1. The maximum Gasteiger partial charge on any atom is 0.340 e. The third kappa shape index (κ3) is 3.20. The van der Waals surface area contributed by atoms with Gasteiger partial charge in [-0.15, -0.1) is 0 Å². The Morgan fingerprint density at radius 2 is 2.30 bits per heavy atom. The number of nitrogens with one attached hydrogen (secondary N) is 1. The highest BCUT2D eigenvalue weighted by atomic mass is 16.5. The molecule has 108 valence electrons. The Morgan fingerprint density at radius 1 is 1.50 bits per heavy atom. The maximum absolute atomic E-state index is 12.0. The summed E-state index contributed by atoms with van der Waals surface area (Å²) >= 11 is 0. The van der Waals surface area contributed by atoms with Gasteiger partial charge in [-0.2, -0.15) is 0 Å². The van der Waals surface area contributed by atoms with E-state index in [1.54, 1.807) is 25.1 Å². The van der Waals surface area contributed by atoms with Crippen LogP contribution in [0.1, 0.15) is 23.7 Å². The van der Waals surface area contributed by atoms with E-state index in [2.05, 4.69) is 5.32 Å². The summed E-state index contributed by atoms with van der Waals surface area (Å²) in [6, 6.07) is 5.08. The van der Waals surface area contributed by atoms with Gasteiger partial charge >= 0.3 is 5.97 Å². The summed E-state index contributed by atoms with van der Waals surface area (Å²) in [5, 5.41) is 2.81. The highest BCUT2D eigenvalue weighted by Gasteiger charge is 2.21. The molecule has 1 aromatic carbocycles. The van der Waals surface area contributed by atoms with E-state index in [1.807, 2.05) is 4.90 Å². The predicted molar refractivity (Wildman–Crippen MR) is 76.7 cm³/mol. The molecule has 0 spiro atoms. The molecule has 1 aromatic rings. The Hall–Kier alpha value is -2.24. The summed E-state index contributed by atoms with van der Waals surface area (Å²) < 4.78 is 5.05. The average Bonchev–Trinajstić information content (AvgIpc) is 2.63. The third-order valence-corrected chi connectivity index (χ3v) is 3.12. The molecule has 2 rings (SSSR count). The minimum absolute atomic E-state index is 0.0471. The number of benzene rings is 1. The molecule has 0 aromatic heterocycles. The molecular formula is C14H19N3O3. The molecule has 0 saturated carbocycles. The summed E-state index contributed by atoms with van der Waals surface area (Å²) in [6.07, 6.45) is 0.832. The fourth-order valence-corrected chi connectivity index (χ4v) is 2.21. The summed E-state index contributed by atoms with van der Waals surface area (Å²) in [5.41, 5.74) is 7.33. The van der Waals surface area contributed by atoms with Crippen LogP contribution in [0.4, 0.5) is 11.4 Å². The van der Waals surface area contributed by atoms with E-state index in [1.165, 1.54) is 0 Å². The van der Waals surface area contributed by atoms with Crippen LogP contribution in [0.15, 0.2) is 18.2 Å². The van der Waals surface area contributed by atoms with Gasteiger partial charge in [-0.25, -0.2) is 4.79 Å². The van der Waals surface area contributed by atoms with Gasteiger partial charge in [-0.05, 0) is 31.5 Å². The summed E-state index contributed by atoms with van der Waals surface area (Å²) in [4.78, 5) is 25.6. The van der Waals surface area contributed by atoms with Crippen LogP contribution in [0.3, 0.4) is 0 Å². The first-order chi connectivity index (χ1) is 9.61. The molecule has 3 N–H and O–H groups in total. The second kappa shape index (κ2) is 6.27. The zero-order chi connectivity index (χ0) is 14.5. The van der Waals surface area contributed by atoms with E-state index < -0.39 is 5.97 Å². The Labute approximate surface area is 117 Å². The maximum atomic E-state index is 12.0. The normalized spacial score (nSPS) is 15.4. The van der Waals surface area contributed by atoms with Crippen molar-refractivity contribution in [3.05, 3.63) is 23.8 Å². The molecule has 1 heterocycles. The number of nitrogens with two attached hydrogens (primary N) is 1. The third-order valence-electron chi connectivity index (χ3n) is 3.12. The minimum Gasteiger partial charge on any atom is -0.462 e. The van der Waals surface area contributed by atoms with Crippen molar-refractivity contribution in [3.63, 3.8) is 0 Å². The molecule has 1 fully saturated rings. The molecule has 0 bridgehead atoms. The predicted octanol–water partition coefficient (Wildman–Crippen LogP) is 0.772. The van der Waals surface area contributed by atoms with Crippen LogP contribution in [-0.4, -0.2) is 38.1 Å². The van der Waals surface area contributed by atoms with Crippen LogP contribution in [0.5, 0.6) is 0 Å². The van der Waals surface area contributed by atoms with Crippen molar-refractivity contribution in [3.8, 4) is 0 Å². The first-order valence-corrected chi connectivity index (χ1v) is 6.70. The number of hydrogen-bond acceptors (Lipinski definition) is 5. The van der Waals surface area contributed by atoms with Gasteiger partial charge in [-0.3, -0.25) is 4.79 Å². The number of nitrogens with zero attached hydrogens (tertiary/aromatic N) is 1. The number of carbonyl (C=O) groups excluding carboxylic acids is 2. The van der Waals surface area contributed by atoms with Crippen molar-refractivity contribution in [2.75, 3.05) is 36.9 Å². The van der Waals surface area contributed by atoms with E-state index in [0.29, 0.717) is 36.6 Å². The van der Waals surface area contributed by atoms with E-state index >= 15 is 0 Å². The van der Waals surface area contributed by atoms with Crippen molar-refractivity contribution in [2.45, 2.75) is 13.3 Å². The molecular weight excluding hydrogens is 258 g/mol. The molecule has 1 aliphatic rings. The van der Waals surface area contributed by atoms with Crippen LogP contribution in [0.2, 0.25) is 0 Å². The smallest absolute Gasteiger partial charge is 0.340 e. The number of anilines is 2. The topological polar surface area (TPSA) is 84.7 Å². The zero-order valence-electron chi connectivity index (χ0n) is 11.5. The van der Waals surface area contributed by atoms with Crippen LogP contribution < -0.4 is 16.0 Å². The number of ether oxygens (including phenoxy) is 1. The van der Waals surface area contributed by atoms with Crippen molar-refractivity contribution in [1.82, 2.24) is 5.32 Å². The van der Waals surface area contributed by atoms with E-state index in [9.17, 15) is 9.59 Å². The second-order valence-corrected chi connectivity index (χ2v) is 4.62. The molecule has 1 aliphatic heterocycles. The first-order valence-electron chi connectivity index (χ1n) is 6.70. The van der Waals surface area contributed by atoms with Gasteiger partial charge in [0.2, 0.25) is 5.91 Å². The summed E-state index contributed by atoms with van der Waals surface area (Å²) in [6.45, 7) is 3.64. The number of amides is 1. The lowest BCUT2D eigenvalue weighted by molar-refractivity contribution is -0.119. The molecule has 1 saturated heterocycles.